The topological polar surface area (TPSA) is 145 Å². The SMILES string of the molecule is Cc1ccc(O)c([C@]2(C)C(O)=C(O)[C@](C)(c3cc(C)c(O)c(O)c3O)N2O)c1. The molecule has 0 spiro atoms. The highest BCUT2D eigenvalue weighted by Crippen LogP contribution is 2.57. The van der Waals surface area contributed by atoms with Crippen LogP contribution in [0.15, 0.2) is 35.8 Å². The fourth-order valence-corrected chi connectivity index (χ4v) is 3.78. The number of aliphatic hydroxyl groups is 2. The number of nitrogens with zero attached hydrogens (tertiary/aromatic N) is 1. The van der Waals surface area contributed by atoms with Crippen LogP contribution in [0.25, 0.3) is 0 Å². The first kappa shape index (κ1) is 19.7. The predicted molar refractivity (Wildman–Crippen MR) is 99.6 cm³/mol. The van der Waals surface area contributed by atoms with Gasteiger partial charge >= 0.3 is 0 Å². The summed E-state index contributed by atoms with van der Waals surface area (Å²) in [4.78, 5) is 0. The lowest BCUT2D eigenvalue weighted by molar-refractivity contribution is -0.214. The average molecular weight is 389 g/mol. The second-order valence-corrected chi connectivity index (χ2v) is 7.46. The Hall–Kier alpha value is -3.10. The zero-order chi connectivity index (χ0) is 21.2. The molecule has 2 aromatic rings. The van der Waals surface area contributed by atoms with E-state index in [0.717, 1.165) is 5.56 Å². The predicted octanol–water partition coefficient (Wildman–Crippen LogP) is 3.29. The number of aliphatic hydroxyl groups excluding tert-OH is 2. The summed E-state index contributed by atoms with van der Waals surface area (Å²) < 4.78 is 0. The van der Waals surface area contributed by atoms with Gasteiger partial charge in [-0.2, -0.15) is 5.06 Å². The van der Waals surface area contributed by atoms with Gasteiger partial charge in [0.15, 0.2) is 23.0 Å². The van der Waals surface area contributed by atoms with Crippen molar-refractivity contribution in [2.75, 3.05) is 0 Å². The van der Waals surface area contributed by atoms with Gasteiger partial charge in [0.05, 0.1) is 0 Å². The number of hydroxylamine groups is 2. The first-order valence-corrected chi connectivity index (χ1v) is 8.55. The first-order chi connectivity index (χ1) is 12.9. The largest absolute Gasteiger partial charge is 0.508 e. The van der Waals surface area contributed by atoms with Gasteiger partial charge in [-0.25, -0.2) is 0 Å². The first-order valence-electron chi connectivity index (χ1n) is 8.55. The number of phenols is 4. The fraction of sp³-hybridized carbons (Fsp3) is 0.300. The van der Waals surface area contributed by atoms with Crippen LogP contribution in [0.5, 0.6) is 23.0 Å². The molecule has 0 saturated heterocycles. The Morgan fingerprint density at radius 3 is 1.82 bits per heavy atom. The number of hydrogen-bond acceptors (Lipinski definition) is 8. The Kier molecular flexibility index (Phi) is 4.18. The molecule has 0 aliphatic carbocycles. The van der Waals surface area contributed by atoms with E-state index in [9.17, 15) is 35.8 Å². The second kappa shape index (κ2) is 5.95. The van der Waals surface area contributed by atoms with Crippen LogP contribution < -0.4 is 0 Å². The van der Waals surface area contributed by atoms with Crippen LogP contribution in [0.3, 0.4) is 0 Å². The Labute approximate surface area is 161 Å². The van der Waals surface area contributed by atoms with Gasteiger partial charge in [-0.15, -0.1) is 0 Å². The van der Waals surface area contributed by atoms with Crippen molar-refractivity contribution in [2.45, 2.75) is 38.8 Å². The highest BCUT2D eigenvalue weighted by molar-refractivity contribution is 5.62. The van der Waals surface area contributed by atoms with Gasteiger partial charge in [0.25, 0.3) is 0 Å². The normalized spacial score (nSPS) is 25.5. The van der Waals surface area contributed by atoms with Gasteiger partial charge in [-0.05, 0) is 51.5 Å². The highest BCUT2D eigenvalue weighted by atomic mass is 16.5. The molecule has 0 unspecified atom stereocenters. The summed E-state index contributed by atoms with van der Waals surface area (Å²) in [6, 6.07) is 5.87. The number of aromatic hydroxyl groups is 4. The second-order valence-electron chi connectivity index (χ2n) is 7.46. The minimum atomic E-state index is -1.89. The van der Waals surface area contributed by atoms with Gasteiger partial charge in [0.1, 0.15) is 16.8 Å². The molecular formula is C20H23NO7. The van der Waals surface area contributed by atoms with Crippen LogP contribution in [0.4, 0.5) is 0 Å². The quantitative estimate of drug-likeness (QED) is 0.388. The summed E-state index contributed by atoms with van der Waals surface area (Å²) in [5.41, 5.74) is -2.76. The van der Waals surface area contributed by atoms with Crippen LogP contribution in [0.2, 0.25) is 0 Å². The van der Waals surface area contributed by atoms with E-state index in [0.29, 0.717) is 5.06 Å². The third-order valence-electron chi connectivity index (χ3n) is 5.63. The maximum atomic E-state index is 11.1. The third kappa shape index (κ3) is 2.25. The lowest BCUT2D eigenvalue weighted by Crippen LogP contribution is -2.48. The van der Waals surface area contributed by atoms with Crippen molar-refractivity contribution in [3.05, 3.63) is 58.0 Å². The van der Waals surface area contributed by atoms with E-state index in [2.05, 4.69) is 0 Å². The molecule has 8 nitrogen and oxygen atoms in total. The van der Waals surface area contributed by atoms with E-state index in [4.69, 9.17) is 0 Å². The molecule has 3 rings (SSSR count). The maximum absolute atomic E-state index is 11.1. The van der Waals surface area contributed by atoms with Crippen LogP contribution in [-0.4, -0.2) is 40.9 Å². The monoisotopic (exact) mass is 389 g/mol. The lowest BCUT2D eigenvalue weighted by atomic mass is 9.87. The van der Waals surface area contributed by atoms with E-state index in [1.54, 1.807) is 19.1 Å². The van der Waals surface area contributed by atoms with Crippen molar-refractivity contribution in [3.8, 4) is 23.0 Å². The van der Waals surface area contributed by atoms with Gasteiger partial charge in [0, 0.05) is 11.1 Å². The summed E-state index contributed by atoms with van der Waals surface area (Å²) >= 11 is 0. The summed E-state index contributed by atoms with van der Waals surface area (Å²) in [6.07, 6.45) is 0. The van der Waals surface area contributed by atoms with Crippen LogP contribution in [0, 0.1) is 13.8 Å². The zero-order valence-electron chi connectivity index (χ0n) is 15.9. The molecule has 8 heteroatoms. The standard InChI is InChI=1S/C20H23NO7/c1-9-5-6-13(22)11(7-9)19(3)17(26)18(27)20(4,21(19)28)12-8-10(2)14(23)16(25)15(12)24/h5-8,22-28H,1-4H3/t19-,20+/m1/s1. The van der Waals surface area contributed by atoms with Crippen molar-refractivity contribution >= 4 is 0 Å². The summed E-state index contributed by atoms with van der Waals surface area (Å²) in [5.74, 6) is -3.66. The van der Waals surface area contributed by atoms with Crippen molar-refractivity contribution in [1.82, 2.24) is 5.06 Å². The summed E-state index contributed by atoms with van der Waals surface area (Å²) in [6.45, 7) is 5.93. The molecule has 1 heterocycles. The molecule has 150 valence electrons. The maximum Gasteiger partial charge on any atom is 0.200 e. The molecule has 1 aliphatic rings. The Morgan fingerprint density at radius 1 is 0.714 bits per heavy atom. The minimum absolute atomic E-state index is 0.127. The lowest BCUT2D eigenvalue weighted by Gasteiger charge is -2.40. The molecule has 0 fully saturated rings. The fourth-order valence-electron chi connectivity index (χ4n) is 3.78. The van der Waals surface area contributed by atoms with Gasteiger partial charge < -0.3 is 35.8 Å². The molecule has 7 N–H and O–H groups in total. The van der Waals surface area contributed by atoms with Crippen molar-refractivity contribution in [2.24, 2.45) is 0 Å². The van der Waals surface area contributed by atoms with E-state index in [1.807, 2.05) is 0 Å². The molecule has 2 aromatic carbocycles. The molecule has 0 radical (unpaired) electrons. The van der Waals surface area contributed by atoms with Crippen LogP contribution in [0.1, 0.15) is 36.1 Å². The average Bonchev–Trinajstić information content (AvgIpc) is 2.79. The number of benzene rings is 2. The third-order valence-corrected chi connectivity index (χ3v) is 5.63. The molecule has 0 saturated carbocycles. The summed E-state index contributed by atoms with van der Waals surface area (Å²) in [7, 11) is 0. The molecule has 0 bridgehead atoms. The molecule has 28 heavy (non-hydrogen) atoms. The number of rotatable bonds is 2. The van der Waals surface area contributed by atoms with Crippen LogP contribution >= 0.6 is 0 Å². The van der Waals surface area contributed by atoms with E-state index < -0.39 is 39.8 Å². The number of phenolic OH excluding ortho intramolecular Hbond substituents is 4. The van der Waals surface area contributed by atoms with Crippen LogP contribution in [-0.2, 0) is 11.1 Å². The molecule has 2 atom stereocenters. The van der Waals surface area contributed by atoms with E-state index in [-0.39, 0.29) is 22.4 Å². The Morgan fingerprint density at radius 2 is 1.25 bits per heavy atom. The van der Waals surface area contributed by atoms with Crippen molar-refractivity contribution in [3.63, 3.8) is 0 Å². The number of aryl methyl sites for hydroxylation is 2. The van der Waals surface area contributed by atoms with Gasteiger partial charge in [0.2, 0.25) is 5.75 Å². The summed E-state index contributed by atoms with van der Waals surface area (Å²) in [5, 5.41) is 73.8. The van der Waals surface area contributed by atoms with E-state index >= 15 is 0 Å². The van der Waals surface area contributed by atoms with Crippen molar-refractivity contribution < 1.29 is 35.8 Å². The molecule has 0 amide bonds. The zero-order valence-corrected chi connectivity index (χ0v) is 15.9. The number of hydrogen-bond donors (Lipinski definition) is 7. The molecule has 1 aliphatic heterocycles. The van der Waals surface area contributed by atoms with Gasteiger partial charge in [-0.3, -0.25) is 0 Å². The Balaban J connectivity index is 2.31. The van der Waals surface area contributed by atoms with Gasteiger partial charge in [-0.1, -0.05) is 11.6 Å². The van der Waals surface area contributed by atoms with Crippen molar-refractivity contribution in [1.29, 1.82) is 0 Å². The minimum Gasteiger partial charge on any atom is -0.508 e. The molecular weight excluding hydrogens is 366 g/mol. The highest BCUT2D eigenvalue weighted by Gasteiger charge is 2.60. The van der Waals surface area contributed by atoms with E-state index in [1.165, 1.54) is 32.9 Å². The molecule has 0 aromatic heterocycles. The Bertz CT molecular complexity index is 1020. The smallest absolute Gasteiger partial charge is 0.200 e.